The number of rotatable bonds is 10. The molecule has 0 bridgehead atoms. The van der Waals surface area contributed by atoms with Crippen LogP contribution in [0.3, 0.4) is 0 Å². The molecule has 0 amide bonds. The van der Waals surface area contributed by atoms with E-state index in [2.05, 4.69) is 50.9 Å². The van der Waals surface area contributed by atoms with Gasteiger partial charge in [-0.2, -0.15) is 0 Å². The van der Waals surface area contributed by atoms with Crippen molar-refractivity contribution in [3.63, 3.8) is 0 Å². The molecule has 0 saturated carbocycles. The number of hydrogen-bond donors (Lipinski definition) is 0. The van der Waals surface area contributed by atoms with E-state index in [1.807, 2.05) is 54.7 Å². The molecule has 2 aliphatic rings. The van der Waals surface area contributed by atoms with Crippen molar-refractivity contribution in [2.45, 2.75) is 70.4 Å². The summed E-state index contributed by atoms with van der Waals surface area (Å²) in [4.78, 5) is 20.1. The number of carbonyl (C=O) groups is 1. The zero-order valence-electron chi connectivity index (χ0n) is 25.6. The quantitative estimate of drug-likeness (QED) is 0.107. The molecule has 0 radical (unpaired) electrons. The average Bonchev–Trinajstić information content (AvgIpc) is 3.18. The van der Waals surface area contributed by atoms with Crippen molar-refractivity contribution in [1.29, 1.82) is 0 Å². The Hall–Kier alpha value is -4.32. The number of carbonyl (C=O) groups excluding carboxylic acids is 1. The van der Waals surface area contributed by atoms with Crippen LogP contribution in [0, 0.1) is 0 Å². The minimum Gasteiger partial charge on any atom is -0.494 e. The van der Waals surface area contributed by atoms with Gasteiger partial charge >= 0.3 is 5.97 Å². The number of benzene rings is 4. The van der Waals surface area contributed by atoms with Gasteiger partial charge in [-0.25, -0.2) is 4.79 Å². The van der Waals surface area contributed by atoms with Gasteiger partial charge in [0.1, 0.15) is 22.9 Å². The Labute approximate surface area is 254 Å². The molecular weight excluding hydrogens is 536 g/mol. The Morgan fingerprint density at radius 3 is 2.40 bits per heavy atom. The maximum absolute atomic E-state index is 13.0. The first-order valence-corrected chi connectivity index (χ1v) is 15.4. The molecule has 1 spiro atoms. The highest BCUT2D eigenvalue weighted by Crippen LogP contribution is 2.54. The van der Waals surface area contributed by atoms with E-state index in [9.17, 15) is 4.79 Å². The van der Waals surface area contributed by atoms with Crippen molar-refractivity contribution in [3.05, 3.63) is 90.0 Å². The predicted octanol–water partition coefficient (Wildman–Crippen LogP) is 9.02. The van der Waals surface area contributed by atoms with Crippen LogP contribution in [0.4, 0.5) is 11.4 Å². The SMILES string of the molecule is CCCCCCCCOc1ccc(C(=O)Oc2ccc3ccc4c(c3c2)N=CC2(O4)N(C)c3ccccc3C2(C)C)cc1. The Balaban J connectivity index is 1.15. The van der Waals surface area contributed by atoms with Crippen LogP contribution in [0.15, 0.2) is 83.9 Å². The lowest BCUT2D eigenvalue weighted by atomic mass is 9.77. The van der Waals surface area contributed by atoms with Gasteiger partial charge in [-0.15, -0.1) is 0 Å². The fourth-order valence-corrected chi connectivity index (χ4v) is 6.34. The second kappa shape index (κ2) is 11.8. The molecule has 4 aromatic carbocycles. The molecule has 1 unspecified atom stereocenters. The number of para-hydroxylation sites is 1. The second-order valence-electron chi connectivity index (χ2n) is 12.1. The van der Waals surface area contributed by atoms with E-state index in [0.717, 1.165) is 34.3 Å². The van der Waals surface area contributed by atoms with Crippen LogP contribution in [-0.4, -0.2) is 31.6 Å². The summed E-state index contributed by atoms with van der Waals surface area (Å²) in [6.45, 7) is 7.30. The van der Waals surface area contributed by atoms with Crippen LogP contribution < -0.4 is 19.1 Å². The van der Waals surface area contributed by atoms with E-state index in [0.29, 0.717) is 23.7 Å². The number of esters is 1. The van der Waals surface area contributed by atoms with Crippen LogP contribution in [-0.2, 0) is 5.41 Å². The van der Waals surface area contributed by atoms with E-state index < -0.39 is 11.7 Å². The minimum absolute atomic E-state index is 0.333. The molecule has 0 aromatic heterocycles. The molecule has 0 saturated heterocycles. The van der Waals surface area contributed by atoms with Crippen molar-refractivity contribution in [3.8, 4) is 17.2 Å². The lowest BCUT2D eigenvalue weighted by Gasteiger charge is -2.45. The number of fused-ring (bicyclic) bond motifs is 4. The number of ether oxygens (including phenoxy) is 3. The normalized spacial score (nSPS) is 17.9. The molecule has 6 rings (SSSR count). The molecule has 0 fully saturated rings. The summed E-state index contributed by atoms with van der Waals surface area (Å²) < 4.78 is 18.5. The van der Waals surface area contributed by atoms with Gasteiger partial charge in [-0.05, 0) is 79.7 Å². The summed E-state index contributed by atoms with van der Waals surface area (Å²) in [6.07, 6.45) is 9.24. The monoisotopic (exact) mass is 576 g/mol. The standard InChI is InChI=1S/C37H40N2O4/c1-5-6-7-8-9-12-23-41-28-19-16-27(17-20-28)35(40)42-29-21-15-26-18-22-33-34(30(26)24-29)38-25-37(43-33)36(2,3)31-13-10-11-14-32(31)39(37)4/h10-11,13-22,24-25H,5-9,12,23H2,1-4H3. The lowest BCUT2D eigenvalue weighted by molar-refractivity contribution is 0.0735. The van der Waals surface area contributed by atoms with Gasteiger partial charge in [0.15, 0.2) is 0 Å². The molecule has 0 N–H and O–H groups in total. The molecular formula is C37H40N2O4. The molecule has 6 heteroatoms. The molecule has 2 aliphatic heterocycles. The van der Waals surface area contributed by atoms with Gasteiger partial charge in [0.2, 0.25) is 5.72 Å². The van der Waals surface area contributed by atoms with Gasteiger partial charge < -0.3 is 19.1 Å². The predicted molar refractivity (Wildman–Crippen MR) is 174 cm³/mol. The molecule has 6 nitrogen and oxygen atoms in total. The van der Waals surface area contributed by atoms with E-state index in [4.69, 9.17) is 19.2 Å². The summed E-state index contributed by atoms with van der Waals surface area (Å²) in [6, 6.07) is 25.2. The van der Waals surface area contributed by atoms with Crippen LogP contribution >= 0.6 is 0 Å². The highest BCUT2D eigenvalue weighted by molar-refractivity contribution is 6.01. The fraction of sp³-hybridized carbons (Fsp3) is 0.351. The number of aliphatic imine (C=N–C) groups is 1. The Morgan fingerprint density at radius 2 is 1.60 bits per heavy atom. The van der Waals surface area contributed by atoms with E-state index in [1.165, 1.54) is 37.7 Å². The highest BCUT2D eigenvalue weighted by Gasteiger charge is 2.58. The van der Waals surface area contributed by atoms with Crippen molar-refractivity contribution < 1.29 is 19.0 Å². The first-order chi connectivity index (χ1) is 20.8. The minimum atomic E-state index is -0.758. The highest BCUT2D eigenvalue weighted by atomic mass is 16.5. The number of nitrogens with zero attached hydrogens (tertiary/aromatic N) is 2. The maximum atomic E-state index is 13.0. The second-order valence-corrected chi connectivity index (χ2v) is 12.1. The number of anilines is 1. The van der Waals surface area contributed by atoms with Gasteiger partial charge in [0.05, 0.1) is 23.8 Å². The van der Waals surface area contributed by atoms with Gasteiger partial charge in [0, 0.05) is 18.1 Å². The Kier molecular flexibility index (Phi) is 7.87. The van der Waals surface area contributed by atoms with Crippen LogP contribution in [0.1, 0.15) is 75.2 Å². The van der Waals surface area contributed by atoms with E-state index >= 15 is 0 Å². The third kappa shape index (κ3) is 5.24. The molecule has 222 valence electrons. The van der Waals surface area contributed by atoms with Gasteiger partial charge in [0.25, 0.3) is 0 Å². The van der Waals surface area contributed by atoms with E-state index in [-0.39, 0.29) is 5.41 Å². The topological polar surface area (TPSA) is 60.4 Å². The number of hydrogen-bond acceptors (Lipinski definition) is 6. The van der Waals surface area contributed by atoms with Crippen molar-refractivity contribution in [2.75, 3.05) is 18.6 Å². The Morgan fingerprint density at radius 1 is 0.884 bits per heavy atom. The lowest BCUT2D eigenvalue weighted by Crippen LogP contribution is -2.61. The summed E-state index contributed by atoms with van der Waals surface area (Å²) in [5.41, 5.74) is 2.46. The summed E-state index contributed by atoms with van der Waals surface area (Å²) in [5, 5.41) is 1.85. The molecule has 2 heterocycles. The Bertz CT molecular complexity index is 1660. The van der Waals surface area contributed by atoms with Gasteiger partial charge in [-0.3, -0.25) is 4.99 Å². The van der Waals surface area contributed by atoms with Crippen LogP contribution in [0.25, 0.3) is 10.8 Å². The zero-order chi connectivity index (χ0) is 30.0. The molecule has 43 heavy (non-hydrogen) atoms. The average molecular weight is 577 g/mol. The fourth-order valence-electron chi connectivity index (χ4n) is 6.34. The summed E-state index contributed by atoms with van der Waals surface area (Å²) >= 11 is 0. The number of likely N-dealkylation sites (N-methyl/N-ethyl adjacent to an activating group) is 1. The third-order valence-electron chi connectivity index (χ3n) is 8.96. The van der Waals surface area contributed by atoms with E-state index in [1.54, 1.807) is 12.1 Å². The zero-order valence-corrected chi connectivity index (χ0v) is 25.6. The molecule has 0 aliphatic carbocycles. The largest absolute Gasteiger partial charge is 0.494 e. The third-order valence-corrected chi connectivity index (χ3v) is 8.96. The first-order valence-electron chi connectivity index (χ1n) is 15.4. The molecule has 1 atom stereocenters. The summed E-state index contributed by atoms with van der Waals surface area (Å²) in [7, 11) is 2.05. The smallest absolute Gasteiger partial charge is 0.343 e. The van der Waals surface area contributed by atoms with Crippen molar-refractivity contribution in [2.24, 2.45) is 4.99 Å². The van der Waals surface area contributed by atoms with Crippen molar-refractivity contribution in [1.82, 2.24) is 0 Å². The molecule has 4 aromatic rings. The van der Waals surface area contributed by atoms with Gasteiger partial charge in [-0.1, -0.05) is 69.4 Å². The number of unbranched alkanes of at least 4 members (excludes halogenated alkanes) is 5. The maximum Gasteiger partial charge on any atom is 0.343 e. The summed E-state index contributed by atoms with van der Waals surface area (Å²) in [5.74, 6) is 1.49. The first kappa shape index (κ1) is 28.8. The van der Waals surface area contributed by atoms with Crippen molar-refractivity contribution >= 4 is 34.3 Å². The van der Waals surface area contributed by atoms with Crippen LogP contribution in [0.5, 0.6) is 17.2 Å². The van der Waals surface area contributed by atoms with Crippen LogP contribution in [0.2, 0.25) is 0 Å².